The fourth-order valence-corrected chi connectivity index (χ4v) is 3.43. The van der Waals surface area contributed by atoms with Crippen LogP contribution in [0.25, 0.3) is 6.08 Å². The predicted molar refractivity (Wildman–Crippen MR) is 123 cm³/mol. The zero-order valence-corrected chi connectivity index (χ0v) is 17.6. The molecule has 1 aliphatic heterocycles. The van der Waals surface area contributed by atoms with Gasteiger partial charge in [0.05, 0.1) is 27.1 Å². The van der Waals surface area contributed by atoms with Crippen molar-refractivity contribution in [2.75, 3.05) is 5.01 Å². The zero-order chi connectivity index (χ0) is 20.4. The number of pyridine rings is 1. The first kappa shape index (κ1) is 19.6. The van der Waals surface area contributed by atoms with Crippen LogP contribution >= 0.6 is 34.8 Å². The van der Waals surface area contributed by atoms with Crippen LogP contribution in [0.5, 0.6) is 0 Å². The normalized spacial score (nSPS) is 16.6. The van der Waals surface area contributed by atoms with Gasteiger partial charge in [0, 0.05) is 11.2 Å². The Morgan fingerprint density at radius 3 is 2.34 bits per heavy atom. The van der Waals surface area contributed by atoms with Crippen LogP contribution in [0.1, 0.15) is 12.5 Å². The van der Waals surface area contributed by atoms with E-state index in [0.29, 0.717) is 26.6 Å². The molecule has 0 unspecified atom stereocenters. The van der Waals surface area contributed by atoms with Crippen molar-refractivity contribution in [3.63, 3.8) is 0 Å². The molecule has 1 aliphatic rings. The topological polar surface area (TPSA) is 40.9 Å². The summed E-state index contributed by atoms with van der Waals surface area (Å²) in [6, 6.07) is 19.1. The van der Waals surface area contributed by atoms with Gasteiger partial charge < -0.3 is 0 Å². The standard InChI is InChI=1S/C22H15Cl3N4/c1-14-21(27-22-19(25)12-17(24)13-26-22)20(11-15-7-9-16(23)10-8-15)29(28-14)18-5-3-2-4-6-18/h2-13H,1H3. The molecule has 0 saturated carbocycles. The van der Waals surface area contributed by atoms with Crippen LogP contribution in [0.15, 0.2) is 82.7 Å². The van der Waals surface area contributed by atoms with E-state index in [0.717, 1.165) is 22.7 Å². The van der Waals surface area contributed by atoms with Crippen molar-refractivity contribution >= 4 is 63.8 Å². The Morgan fingerprint density at radius 2 is 1.66 bits per heavy atom. The number of hydrazone groups is 1. The van der Waals surface area contributed by atoms with Gasteiger partial charge in [0.25, 0.3) is 0 Å². The van der Waals surface area contributed by atoms with Crippen LogP contribution in [0, 0.1) is 0 Å². The monoisotopic (exact) mass is 440 g/mol. The minimum Gasteiger partial charge on any atom is -0.234 e. The maximum absolute atomic E-state index is 6.29. The van der Waals surface area contributed by atoms with E-state index in [1.807, 2.05) is 72.6 Å². The molecule has 0 bridgehead atoms. The Hall–Kier alpha value is -2.66. The molecule has 0 fully saturated rings. The first-order valence-electron chi connectivity index (χ1n) is 8.79. The van der Waals surface area contributed by atoms with Gasteiger partial charge >= 0.3 is 0 Å². The average molecular weight is 442 g/mol. The largest absolute Gasteiger partial charge is 0.234 e. The van der Waals surface area contributed by atoms with Crippen LogP contribution in [0.4, 0.5) is 11.5 Å². The smallest absolute Gasteiger partial charge is 0.171 e. The Morgan fingerprint density at radius 1 is 0.931 bits per heavy atom. The molecule has 0 saturated heterocycles. The average Bonchev–Trinajstić information content (AvgIpc) is 3.02. The lowest BCUT2D eigenvalue weighted by atomic mass is 10.1. The molecule has 144 valence electrons. The molecular formula is C22H15Cl3N4. The minimum atomic E-state index is 0.377. The second-order valence-corrected chi connectivity index (χ2v) is 7.61. The quantitative estimate of drug-likeness (QED) is 0.437. The number of benzene rings is 2. The number of allylic oxidation sites excluding steroid dienone is 1. The highest BCUT2D eigenvalue weighted by Crippen LogP contribution is 2.31. The molecule has 3 aromatic rings. The van der Waals surface area contributed by atoms with Gasteiger partial charge in [-0.3, -0.25) is 0 Å². The number of nitrogens with zero attached hydrogens (tertiary/aromatic N) is 4. The summed E-state index contributed by atoms with van der Waals surface area (Å²) >= 11 is 18.3. The first-order valence-corrected chi connectivity index (χ1v) is 9.93. The highest BCUT2D eigenvalue weighted by Gasteiger charge is 2.27. The zero-order valence-electron chi connectivity index (χ0n) is 15.4. The van der Waals surface area contributed by atoms with E-state index in [1.165, 1.54) is 6.20 Å². The molecule has 0 radical (unpaired) electrons. The first-order chi connectivity index (χ1) is 14.0. The number of para-hydroxylation sites is 1. The highest BCUT2D eigenvalue weighted by molar-refractivity contribution is 6.51. The summed E-state index contributed by atoms with van der Waals surface area (Å²) in [5.74, 6) is 0.387. The molecule has 4 nitrogen and oxygen atoms in total. The van der Waals surface area contributed by atoms with Crippen molar-refractivity contribution in [3.05, 3.63) is 93.2 Å². The Kier molecular flexibility index (Phi) is 5.67. The van der Waals surface area contributed by atoms with Gasteiger partial charge in [0.1, 0.15) is 5.71 Å². The van der Waals surface area contributed by atoms with Gasteiger partial charge in [-0.25, -0.2) is 15.0 Å². The minimum absolute atomic E-state index is 0.377. The number of halogens is 3. The van der Waals surface area contributed by atoms with Crippen molar-refractivity contribution in [1.29, 1.82) is 0 Å². The summed E-state index contributed by atoms with van der Waals surface area (Å²) in [4.78, 5) is 8.96. The molecule has 7 heteroatoms. The molecular weight excluding hydrogens is 427 g/mol. The molecule has 0 amide bonds. The van der Waals surface area contributed by atoms with Gasteiger partial charge in [-0.05, 0) is 48.9 Å². The molecule has 1 aromatic heterocycles. The molecule has 0 atom stereocenters. The Balaban J connectivity index is 1.85. The number of aromatic nitrogens is 1. The van der Waals surface area contributed by atoms with Crippen molar-refractivity contribution in [2.24, 2.45) is 10.1 Å². The van der Waals surface area contributed by atoms with Crippen LogP contribution in [-0.2, 0) is 0 Å². The summed E-state index contributed by atoms with van der Waals surface area (Å²) < 4.78 is 0. The third-order valence-electron chi connectivity index (χ3n) is 4.24. The number of aliphatic imine (C=N–C) groups is 1. The number of anilines is 1. The van der Waals surface area contributed by atoms with Gasteiger partial charge in [-0.15, -0.1) is 0 Å². The number of hydrogen-bond acceptors (Lipinski definition) is 4. The highest BCUT2D eigenvalue weighted by atomic mass is 35.5. The summed E-state index contributed by atoms with van der Waals surface area (Å²) in [6.45, 7) is 1.90. The van der Waals surface area contributed by atoms with E-state index >= 15 is 0 Å². The lowest BCUT2D eigenvalue weighted by Crippen LogP contribution is -2.16. The molecule has 2 aromatic carbocycles. The molecule has 29 heavy (non-hydrogen) atoms. The van der Waals surface area contributed by atoms with Crippen molar-refractivity contribution < 1.29 is 0 Å². The molecule has 2 heterocycles. The van der Waals surface area contributed by atoms with Crippen LogP contribution in [-0.4, -0.2) is 16.4 Å². The van der Waals surface area contributed by atoms with E-state index in [-0.39, 0.29) is 0 Å². The van der Waals surface area contributed by atoms with Crippen molar-refractivity contribution in [1.82, 2.24) is 4.98 Å². The van der Waals surface area contributed by atoms with Gasteiger partial charge in [-0.2, -0.15) is 5.10 Å². The SMILES string of the molecule is CC1=NN(c2ccccc2)C(=Cc2ccc(Cl)cc2)C1=Nc1ncc(Cl)cc1Cl. The molecule has 0 aliphatic carbocycles. The van der Waals surface area contributed by atoms with Crippen molar-refractivity contribution in [3.8, 4) is 0 Å². The number of hydrogen-bond donors (Lipinski definition) is 0. The van der Waals surface area contributed by atoms with E-state index in [9.17, 15) is 0 Å². The molecule has 0 spiro atoms. The predicted octanol–water partition coefficient (Wildman–Crippen LogP) is 7.05. The van der Waals surface area contributed by atoms with E-state index < -0.39 is 0 Å². The van der Waals surface area contributed by atoms with Gasteiger partial charge in [0.2, 0.25) is 0 Å². The summed E-state index contributed by atoms with van der Waals surface area (Å²) in [5.41, 5.74) is 4.14. The molecule has 4 rings (SSSR count). The number of rotatable bonds is 3. The summed E-state index contributed by atoms with van der Waals surface area (Å²) in [7, 11) is 0. The Bertz CT molecular complexity index is 1140. The van der Waals surface area contributed by atoms with Crippen molar-refractivity contribution in [2.45, 2.75) is 6.92 Å². The van der Waals surface area contributed by atoms with Crippen LogP contribution in [0.2, 0.25) is 15.1 Å². The third kappa shape index (κ3) is 4.35. The fourth-order valence-electron chi connectivity index (χ4n) is 2.88. The fraction of sp³-hybridized carbons (Fsp3) is 0.0455. The van der Waals surface area contributed by atoms with E-state index in [2.05, 4.69) is 4.98 Å². The lowest BCUT2D eigenvalue weighted by Gasteiger charge is -2.16. The second kappa shape index (κ2) is 8.37. The second-order valence-electron chi connectivity index (χ2n) is 6.33. The van der Waals surface area contributed by atoms with Crippen LogP contribution in [0.3, 0.4) is 0 Å². The summed E-state index contributed by atoms with van der Waals surface area (Å²) in [6.07, 6.45) is 3.53. The van der Waals surface area contributed by atoms with Crippen LogP contribution < -0.4 is 5.01 Å². The Labute approximate surface area is 183 Å². The maximum atomic E-state index is 6.29. The maximum Gasteiger partial charge on any atom is 0.171 e. The molecule has 0 N–H and O–H groups in total. The van der Waals surface area contributed by atoms with E-state index in [1.54, 1.807) is 6.07 Å². The third-order valence-corrected chi connectivity index (χ3v) is 4.98. The summed E-state index contributed by atoms with van der Waals surface area (Å²) in [5, 5.41) is 8.07. The lowest BCUT2D eigenvalue weighted by molar-refractivity contribution is 1.08. The van der Waals surface area contributed by atoms with Gasteiger partial charge in [-0.1, -0.05) is 65.1 Å². The van der Waals surface area contributed by atoms with E-state index in [4.69, 9.17) is 44.9 Å². The van der Waals surface area contributed by atoms with Gasteiger partial charge in [0.15, 0.2) is 5.82 Å².